The second-order valence-electron chi connectivity index (χ2n) is 4.89. The van der Waals surface area contributed by atoms with Crippen LogP contribution in [0.2, 0.25) is 0 Å². The number of nitrogens with zero attached hydrogens (tertiary/aromatic N) is 2. The molecule has 0 fully saturated rings. The van der Waals surface area contributed by atoms with E-state index in [4.69, 9.17) is 14.7 Å². The molecule has 0 bridgehead atoms. The van der Waals surface area contributed by atoms with Crippen molar-refractivity contribution < 1.29 is 9.47 Å². The Morgan fingerprint density at radius 2 is 2.06 bits per heavy atom. The molecule has 0 radical (unpaired) electrons. The summed E-state index contributed by atoms with van der Waals surface area (Å²) in [5, 5.41) is 9.02. The van der Waals surface area contributed by atoms with Gasteiger partial charge in [0, 0.05) is 25.3 Å². The van der Waals surface area contributed by atoms with Crippen LogP contribution in [0, 0.1) is 16.7 Å². The zero-order chi connectivity index (χ0) is 12.5. The van der Waals surface area contributed by atoms with Crippen molar-refractivity contribution in [2.45, 2.75) is 13.8 Å². The van der Waals surface area contributed by atoms with Gasteiger partial charge in [-0.15, -0.1) is 0 Å². The number of fused-ring (bicyclic) bond motifs is 1. The fourth-order valence-corrected chi connectivity index (χ4v) is 1.84. The third-order valence-electron chi connectivity index (χ3n) is 2.73. The van der Waals surface area contributed by atoms with Crippen molar-refractivity contribution in [2.24, 2.45) is 5.41 Å². The van der Waals surface area contributed by atoms with Crippen molar-refractivity contribution in [3.63, 3.8) is 0 Å². The normalized spacial score (nSPS) is 13.3. The summed E-state index contributed by atoms with van der Waals surface area (Å²) in [6.07, 6.45) is 0. The van der Waals surface area contributed by atoms with Crippen molar-refractivity contribution >= 4 is 5.69 Å². The first kappa shape index (κ1) is 11.6. The van der Waals surface area contributed by atoms with Crippen molar-refractivity contribution in [3.05, 3.63) is 18.2 Å². The van der Waals surface area contributed by atoms with Gasteiger partial charge in [0.25, 0.3) is 0 Å². The SMILES string of the molecule is CN(CC(C)(C)C#N)c1ccc2c(c1)OCO2. The molecule has 1 aromatic rings. The lowest BCUT2D eigenvalue weighted by Crippen LogP contribution is -2.30. The Kier molecular flexibility index (Phi) is 2.84. The standard InChI is InChI=1S/C13H16N2O2/c1-13(2,7-14)8-15(3)10-4-5-11-12(6-10)17-9-16-11/h4-6H,8-9H2,1-3H3. The lowest BCUT2D eigenvalue weighted by Gasteiger charge is -2.26. The molecule has 4 nitrogen and oxygen atoms in total. The van der Waals surface area contributed by atoms with Crippen molar-refractivity contribution in [3.8, 4) is 17.6 Å². The lowest BCUT2D eigenvalue weighted by atomic mass is 9.95. The second kappa shape index (κ2) is 4.17. The molecule has 0 aromatic heterocycles. The predicted octanol–water partition coefficient (Wildman–Crippen LogP) is 2.40. The molecule has 0 saturated heterocycles. The smallest absolute Gasteiger partial charge is 0.231 e. The van der Waals surface area contributed by atoms with Gasteiger partial charge in [0.2, 0.25) is 6.79 Å². The number of nitriles is 1. The number of ether oxygens (including phenoxy) is 2. The maximum atomic E-state index is 9.02. The second-order valence-corrected chi connectivity index (χ2v) is 4.89. The molecule has 0 spiro atoms. The van der Waals surface area contributed by atoms with Gasteiger partial charge in [-0.05, 0) is 26.0 Å². The van der Waals surface area contributed by atoms with Crippen LogP contribution < -0.4 is 14.4 Å². The van der Waals surface area contributed by atoms with Gasteiger partial charge in [-0.3, -0.25) is 0 Å². The average molecular weight is 232 g/mol. The van der Waals surface area contributed by atoms with Crippen molar-refractivity contribution in [1.29, 1.82) is 5.26 Å². The molecule has 17 heavy (non-hydrogen) atoms. The number of anilines is 1. The first-order valence-corrected chi connectivity index (χ1v) is 5.54. The fraction of sp³-hybridized carbons (Fsp3) is 0.462. The third-order valence-corrected chi connectivity index (χ3v) is 2.73. The first-order chi connectivity index (χ1) is 8.02. The molecule has 1 heterocycles. The van der Waals surface area contributed by atoms with Crippen LogP contribution in [-0.2, 0) is 0 Å². The Labute approximate surface area is 101 Å². The Morgan fingerprint density at radius 3 is 2.76 bits per heavy atom. The van der Waals surface area contributed by atoms with E-state index in [0.29, 0.717) is 6.54 Å². The van der Waals surface area contributed by atoms with E-state index in [-0.39, 0.29) is 12.2 Å². The highest BCUT2D eigenvalue weighted by Crippen LogP contribution is 2.35. The van der Waals surface area contributed by atoms with Crippen LogP contribution in [0.1, 0.15) is 13.8 Å². The predicted molar refractivity (Wildman–Crippen MR) is 65.2 cm³/mol. The van der Waals surface area contributed by atoms with E-state index < -0.39 is 0 Å². The van der Waals surface area contributed by atoms with Gasteiger partial charge in [0.1, 0.15) is 0 Å². The Balaban J connectivity index is 2.15. The molecule has 0 unspecified atom stereocenters. The summed E-state index contributed by atoms with van der Waals surface area (Å²) >= 11 is 0. The summed E-state index contributed by atoms with van der Waals surface area (Å²) in [5.41, 5.74) is 0.656. The average Bonchev–Trinajstić information content (AvgIpc) is 2.75. The molecular formula is C13H16N2O2. The monoisotopic (exact) mass is 232 g/mol. The van der Waals surface area contributed by atoms with Crippen LogP contribution in [0.15, 0.2) is 18.2 Å². The molecule has 0 atom stereocenters. The Hall–Kier alpha value is -1.89. The fourth-order valence-electron chi connectivity index (χ4n) is 1.84. The molecule has 0 aliphatic carbocycles. The number of hydrogen-bond acceptors (Lipinski definition) is 4. The number of benzene rings is 1. The summed E-state index contributed by atoms with van der Waals surface area (Å²) in [6.45, 7) is 4.81. The summed E-state index contributed by atoms with van der Waals surface area (Å²) in [7, 11) is 1.97. The zero-order valence-electron chi connectivity index (χ0n) is 10.4. The third kappa shape index (κ3) is 2.44. The maximum Gasteiger partial charge on any atom is 0.231 e. The molecule has 4 heteroatoms. The summed E-state index contributed by atoms with van der Waals surface area (Å²) in [6, 6.07) is 8.11. The van der Waals surface area contributed by atoms with Crippen LogP contribution in [0.3, 0.4) is 0 Å². The van der Waals surface area contributed by atoms with E-state index in [1.807, 2.05) is 44.0 Å². The highest BCUT2D eigenvalue weighted by atomic mass is 16.7. The Morgan fingerprint density at radius 1 is 1.35 bits per heavy atom. The topological polar surface area (TPSA) is 45.5 Å². The molecule has 90 valence electrons. The van der Waals surface area contributed by atoms with Crippen LogP contribution in [0.5, 0.6) is 11.5 Å². The van der Waals surface area contributed by atoms with Gasteiger partial charge in [0.15, 0.2) is 11.5 Å². The minimum atomic E-state index is -0.370. The molecule has 1 aliphatic rings. The van der Waals surface area contributed by atoms with Gasteiger partial charge >= 0.3 is 0 Å². The Bertz CT molecular complexity index is 463. The summed E-state index contributed by atoms with van der Waals surface area (Å²) in [4.78, 5) is 2.05. The van der Waals surface area contributed by atoms with Crippen LogP contribution in [-0.4, -0.2) is 20.4 Å². The molecule has 1 aliphatic heterocycles. The number of hydrogen-bond donors (Lipinski definition) is 0. The van der Waals surface area contributed by atoms with E-state index in [1.54, 1.807) is 0 Å². The van der Waals surface area contributed by atoms with E-state index in [9.17, 15) is 0 Å². The van der Waals surface area contributed by atoms with E-state index in [1.165, 1.54) is 0 Å². The quantitative estimate of drug-likeness (QED) is 0.802. The molecule has 2 rings (SSSR count). The molecular weight excluding hydrogens is 216 g/mol. The van der Waals surface area contributed by atoms with E-state index >= 15 is 0 Å². The van der Waals surface area contributed by atoms with E-state index in [2.05, 4.69) is 6.07 Å². The first-order valence-electron chi connectivity index (χ1n) is 5.54. The van der Waals surface area contributed by atoms with Crippen LogP contribution in [0.4, 0.5) is 5.69 Å². The van der Waals surface area contributed by atoms with Gasteiger partial charge in [-0.1, -0.05) is 0 Å². The van der Waals surface area contributed by atoms with E-state index in [0.717, 1.165) is 17.2 Å². The maximum absolute atomic E-state index is 9.02. The molecule has 1 aromatic carbocycles. The highest BCUT2D eigenvalue weighted by Gasteiger charge is 2.21. The number of rotatable bonds is 3. The van der Waals surface area contributed by atoms with Gasteiger partial charge in [-0.25, -0.2) is 0 Å². The van der Waals surface area contributed by atoms with Crippen molar-refractivity contribution in [1.82, 2.24) is 0 Å². The summed E-state index contributed by atoms with van der Waals surface area (Å²) < 4.78 is 10.6. The van der Waals surface area contributed by atoms with Gasteiger partial charge < -0.3 is 14.4 Å². The zero-order valence-corrected chi connectivity index (χ0v) is 10.4. The molecule has 0 amide bonds. The lowest BCUT2D eigenvalue weighted by molar-refractivity contribution is 0.174. The summed E-state index contributed by atoms with van der Waals surface area (Å²) in [5.74, 6) is 1.55. The molecule has 0 N–H and O–H groups in total. The van der Waals surface area contributed by atoms with Gasteiger partial charge in [-0.2, -0.15) is 5.26 Å². The molecule has 0 saturated carbocycles. The van der Waals surface area contributed by atoms with Gasteiger partial charge in [0.05, 0.1) is 11.5 Å². The van der Waals surface area contributed by atoms with Crippen LogP contribution >= 0.6 is 0 Å². The highest BCUT2D eigenvalue weighted by molar-refractivity contribution is 5.57. The minimum absolute atomic E-state index is 0.284. The van der Waals surface area contributed by atoms with Crippen molar-refractivity contribution in [2.75, 3.05) is 25.3 Å². The largest absolute Gasteiger partial charge is 0.454 e. The van der Waals surface area contributed by atoms with Crippen LogP contribution in [0.25, 0.3) is 0 Å². The minimum Gasteiger partial charge on any atom is -0.454 e.